The third-order valence-electron chi connectivity index (χ3n) is 0.889. The van der Waals surface area contributed by atoms with E-state index in [1.807, 2.05) is 0 Å². The number of methoxy groups -OCH3 is 1. The van der Waals surface area contributed by atoms with Gasteiger partial charge < -0.3 is 9.47 Å². The van der Waals surface area contributed by atoms with E-state index in [9.17, 15) is 18.0 Å². The zero-order valence-electron chi connectivity index (χ0n) is 7.09. The van der Waals surface area contributed by atoms with Crippen LogP contribution in [-0.4, -0.2) is 36.0 Å². The van der Waals surface area contributed by atoms with Gasteiger partial charge in [-0.2, -0.15) is 13.2 Å². The summed E-state index contributed by atoms with van der Waals surface area (Å²) in [4.78, 5) is 10.5. The molecule has 8 heteroatoms. The van der Waals surface area contributed by atoms with Crippen molar-refractivity contribution in [3.63, 3.8) is 0 Å². The Balaban J connectivity index is 3.62. The van der Waals surface area contributed by atoms with Crippen LogP contribution >= 0.6 is 24.0 Å². The number of thiocarbonyl (C=S) groups is 1. The van der Waals surface area contributed by atoms with E-state index in [0.717, 1.165) is 0 Å². The molecule has 0 saturated heterocycles. The van der Waals surface area contributed by atoms with Gasteiger partial charge in [0.15, 0.2) is 6.61 Å². The molecule has 0 aromatic carbocycles. The molecule has 0 aliphatic rings. The Labute approximate surface area is 87.9 Å². The van der Waals surface area contributed by atoms with Crippen LogP contribution in [0, 0.1) is 0 Å². The van der Waals surface area contributed by atoms with E-state index < -0.39 is 18.8 Å². The van der Waals surface area contributed by atoms with Gasteiger partial charge in [0.2, 0.25) is 4.38 Å². The lowest BCUT2D eigenvalue weighted by Crippen LogP contribution is -2.19. The Hall–Kier alpha value is -0.500. The van der Waals surface area contributed by atoms with Crippen LogP contribution in [0.3, 0.4) is 0 Å². The van der Waals surface area contributed by atoms with Crippen molar-refractivity contribution in [3.8, 4) is 0 Å². The highest BCUT2D eigenvalue weighted by atomic mass is 32.2. The number of esters is 1. The van der Waals surface area contributed by atoms with Gasteiger partial charge in [-0.1, -0.05) is 11.8 Å². The van der Waals surface area contributed by atoms with Gasteiger partial charge >= 0.3 is 12.1 Å². The van der Waals surface area contributed by atoms with Crippen LogP contribution in [0.1, 0.15) is 0 Å². The number of halogens is 3. The summed E-state index contributed by atoms with van der Waals surface area (Å²) in [6.07, 6.45) is -4.42. The second-order valence-electron chi connectivity index (χ2n) is 2.02. The lowest BCUT2D eigenvalue weighted by Gasteiger charge is -2.08. The third-order valence-corrected chi connectivity index (χ3v) is 2.09. The molecule has 0 aliphatic carbocycles. The first-order chi connectivity index (χ1) is 6.35. The van der Waals surface area contributed by atoms with E-state index >= 15 is 0 Å². The molecule has 0 spiro atoms. The Morgan fingerprint density at radius 3 is 2.50 bits per heavy atom. The Morgan fingerprint density at radius 1 is 1.50 bits per heavy atom. The molecular formula is C6H7F3O3S2. The van der Waals surface area contributed by atoms with Gasteiger partial charge in [0, 0.05) is 0 Å². The minimum absolute atomic E-state index is 0.160. The highest BCUT2D eigenvalue weighted by Gasteiger charge is 2.28. The molecule has 0 bridgehead atoms. The first kappa shape index (κ1) is 13.5. The minimum Gasteiger partial charge on any atom is -0.469 e. The first-order valence-corrected chi connectivity index (χ1v) is 4.67. The van der Waals surface area contributed by atoms with Crippen molar-refractivity contribution in [3.05, 3.63) is 0 Å². The monoisotopic (exact) mass is 248 g/mol. The highest BCUT2D eigenvalue weighted by Crippen LogP contribution is 2.16. The quantitative estimate of drug-likeness (QED) is 0.561. The molecule has 0 radical (unpaired) electrons. The summed E-state index contributed by atoms with van der Waals surface area (Å²) in [6, 6.07) is 0. The standard InChI is InChI=1S/C6H7F3O3S2/c1-11-4(10)2-14-5(13)12-3-6(7,8)9/h2-3H2,1H3. The number of thioether (sulfide) groups is 1. The van der Waals surface area contributed by atoms with Gasteiger partial charge in [-0.15, -0.1) is 0 Å². The fraction of sp³-hybridized carbons (Fsp3) is 0.667. The van der Waals surface area contributed by atoms with Gasteiger partial charge in [0.05, 0.1) is 12.9 Å². The number of carbonyl (C=O) groups excluding carboxylic acids is 1. The van der Waals surface area contributed by atoms with E-state index in [4.69, 9.17) is 0 Å². The van der Waals surface area contributed by atoms with E-state index in [1.165, 1.54) is 7.11 Å². The largest absolute Gasteiger partial charge is 0.469 e. The van der Waals surface area contributed by atoms with Crippen molar-refractivity contribution >= 4 is 34.3 Å². The molecule has 3 nitrogen and oxygen atoms in total. The normalized spacial score (nSPS) is 10.9. The third kappa shape index (κ3) is 8.11. The number of ether oxygens (including phenoxy) is 2. The first-order valence-electron chi connectivity index (χ1n) is 3.28. The summed E-state index contributed by atoms with van der Waals surface area (Å²) in [5, 5.41) is 0. The highest BCUT2D eigenvalue weighted by molar-refractivity contribution is 8.23. The van der Waals surface area contributed by atoms with Crippen LogP contribution in [0.15, 0.2) is 0 Å². The predicted octanol–water partition coefficient (Wildman–Crippen LogP) is 1.76. The Kier molecular flexibility index (Phi) is 5.86. The predicted molar refractivity (Wildman–Crippen MR) is 49.1 cm³/mol. The van der Waals surface area contributed by atoms with Crippen molar-refractivity contribution in [1.29, 1.82) is 0 Å². The maximum Gasteiger partial charge on any atom is 0.422 e. The zero-order valence-corrected chi connectivity index (χ0v) is 8.72. The second-order valence-corrected chi connectivity index (χ2v) is 3.60. The SMILES string of the molecule is COC(=O)CSC(=S)OCC(F)(F)F. The summed E-state index contributed by atoms with van der Waals surface area (Å²) in [5.74, 6) is -0.735. The van der Waals surface area contributed by atoms with Crippen LogP contribution in [0.25, 0.3) is 0 Å². The number of carbonyl (C=O) groups is 1. The summed E-state index contributed by atoms with van der Waals surface area (Å²) in [7, 11) is 1.17. The minimum atomic E-state index is -4.42. The van der Waals surface area contributed by atoms with E-state index in [1.54, 1.807) is 0 Å². The molecule has 0 aliphatic heterocycles. The lowest BCUT2D eigenvalue weighted by atomic mass is 10.7. The number of hydrogen-bond acceptors (Lipinski definition) is 5. The van der Waals surface area contributed by atoms with Crippen molar-refractivity contribution in [2.24, 2.45) is 0 Å². The molecule has 0 aromatic heterocycles. The van der Waals surface area contributed by atoms with Gasteiger partial charge in [0.25, 0.3) is 0 Å². The maximum atomic E-state index is 11.6. The second kappa shape index (κ2) is 6.07. The van der Waals surface area contributed by atoms with Crippen molar-refractivity contribution < 1.29 is 27.4 Å². The van der Waals surface area contributed by atoms with E-state index in [2.05, 4.69) is 21.7 Å². The molecule has 0 N–H and O–H groups in total. The zero-order chi connectivity index (χ0) is 11.2. The number of hydrogen-bond donors (Lipinski definition) is 0. The average Bonchev–Trinajstić information content (AvgIpc) is 2.09. The summed E-state index contributed by atoms with van der Waals surface area (Å²) in [5.41, 5.74) is 0. The van der Waals surface area contributed by atoms with Crippen molar-refractivity contribution in [2.45, 2.75) is 6.18 Å². The Morgan fingerprint density at radius 2 is 2.07 bits per heavy atom. The molecule has 0 saturated carbocycles. The fourth-order valence-electron chi connectivity index (χ4n) is 0.359. The van der Waals surface area contributed by atoms with Crippen LogP contribution in [0.4, 0.5) is 13.2 Å². The van der Waals surface area contributed by atoms with E-state index in [-0.39, 0.29) is 10.1 Å². The summed E-state index contributed by atoms with van der Waals surface area (Å²) >= 11 is 5.11. The molecule has 82 valence electrons. The van der Waals surface area contributed by atoms with E-state index in [0.29, 0.717) is 11.8 Å². The smallest absolute Gasteiger partial charge is 0.422 e. The molecule has 0 aromatic rings. The number of rotatable bonds is 3. The maximum absolute atomic E-state index is 11.6. The molecular weight excluding hydrogens is 241 g/mol. The molecule has 0 amide bonds. The topological polar surface area (TPSA) is 35.5 Å². The Bertz CT molecular complexity index is 217. The average molecular weight is 248 g/mol. The van der Waals surface area contributed by atoms with Gasteiger partial charge in [0.1, 0.15) is 0 Å². The number of alkyl halides is 3. The van der Waals surface area contributed by atoms with Gasteiger partial charge in [-0.05, 0) is 12.2 Å². The van der Waals surface area contributed by atoms with Crippen LogP contribution in [0.2, 0.25) is 0 Å². The summed E-state index contributed by atoms with van der Waals surface area (Å²) < 4.78 is 42.9. The van der Waals surface area contributed by atoms with Crippen molar-refractivity contribution in [2.75, 3.05) is 19.5 Å². The molecule has 14 heavy (non-hydrogen) atoms. The van der Waals surface area contributed by atoms with Gasteiger partial charge in [-0.3, -0.25) is 4.79 Å². The van der Waals surface area contributed by atoms with Crippen LogP contribution < -0.4 is 0 Å². The summed E-state index contributed by atoms with van der Waals surface area (Å²) in [6.45, 7) is -1.44. The molecule has 0 heterocycles. The molecule has 0 rings (SSSR count). The van der Waals surface area contributed by atoms with Gasteiger partial charge in [-0.25, -0.2) is 0 Å². The molecule has 0 fully saturated rings. The van der Waals surface area contributed by atoms with Crippen LogP contribution in [0.5, 0.6) is 0 Å². The molecule has 0 atom stereocenters. The lowest BCUT2D eigenvalue weighted by molar-refractivity contribution is -0.154. The molecule has 0 unspecified atom stereocenters. The fourth-order valence-corrected chi connectivity index (χ4v) is 1.09. The van der Waals surface area contributed by atoms with Crippen LogP contribution in [-0.2, 0) is 14.3 Å². The van der Waals surface area contributed by atoms with Crippen molar-refractivity contribution in [1.82, 2.24) is 0 Å².